The van der Waals surface area contributed by atoms with Gasteiger partial charge < -0.3 is 30.4 Å². The maximum absolute atomic E-state index is 13.9. The third kappa shape index (κ3) is 4.33. The molecule has 6 atom stereocenters. The summed E-state index contributed by atoms with van der Waals surface area (Å²) in [4.78, 5) is 68.1. The van der Waals surface area contributed by atoms with Gasteiger partial charge in [-0.05, 0) is 56.6 Å². The fourth-order valence-corrected chi connectivity index (χ4v) is 6.93. The lowest BCUT2D eigenvalue weighted by Gasteiger charge is -2.52. The van der Waals surface area contributed by atoms with Crippen LogP contribution >= 0.6 is 0 Å². The second kappa shape index (κ2) is 10.6. The van der Waals surface area contributed by atoms with E-state index in [0.29, 0.717) is 36.6 Å². The molecule has 2 fully saturated rings. The van der Waals surface area contributed by atoms with E-state index in [1.165, 1.54) is 17.2 Å². The van der Waals surface area contributed by atoms with Crippen LogP contribution in [0.15, 0.2) is 28.9 Å². The zero-order valence-corrected chi connectivity index (χ0v) is 23.0. The van der Waals surface area contributed by atoms with Crippen LogP contribution in [-0.2, 0) is 36.9 Å². The number of phenols is 1. The molecule has 1 heterocycles. The molecule has 12 nitrogen and oxygen atoms in total. The number of nitrogens with one attached hydrogen (secondary N) is 1. The SMILES string of the molecule is COCCNCc1ccoc1-c1ccc(O)c2c1C[C@H]1C[C@H]3[C@H](N(C)C)C(=O)C(C(N)=O)C(=O)[C@@]3(O)C(=O)C1C2=O. The van der Waals surface area contributed by atoms with E-state index in [1.807, 2.05) is 0 Å². The van der Waals surface area contributed by atoms with E-state index in [-0.39, 0.29) is 24.2 Å². The average Bonchev–Trinajstić information content (AvgIpc) is 3.36. The van der Waals surface area contributed by atoms with Crippen molar-refractivity contribution in [2.75, 3.05) is 34.4 Å². The highest BCUT2D eigenvalue weighted by molar-refractivity contribution is 6.32. The van der Waals surface area contributed by atoms with Gasteiger partial charge in [0.05, 0.1) is 30.4 Å². The minimum Gasteiger partial charge on any atom is -0.507 e. The van der Waals surface area contributed by atoms with Crippen molar-refractivity contribution in [3.8, 4) is 17.1 Å². The van der Waals surface area contributed by atoms with Crippen molar-refractivity contribution in [1.82, 2.24) is 10.2 Å². The minimum absolute atomic E-state index is 0.0252. The zero-order chi connectivity index (χ0) is 29.8. The number of nitrogens with zero attached hydrogens (tertiary/aromatic N) is 1. The standard InChI is InChI=1S/C29H33N3O9/c1-32(2)22-17-11-14-10-16-15(25-13(6-8-41-25)12-31-7-9-40-3)4-5-18(33)20(16)23(34)19(14)26(36)29(17,39)27(37)21(24(22)35)28(30)38/h4-6,8,14,17,19,21-22,31,33,39H,7,9-12H2,1-3H3,(H2,30,38)/t14-,17-,19?,21?,22-,29-/m0/s1. The number of hydrogen-bond donors (Lipinski definition) is 4. The van der Waals surface area contributed by atoms with Crippen molar-refractivity contribution < 1.29 is 43.3 Å². The van der Waals surface area contributed by atoms with E-state index in [0.717, 1.165) is 5.56 Å². The first-order chi connectivity index (χ1) is 19.4. The van der Waals surface area contributed by atoms with Crippen molar-refractivity contribution >= 4 is 29.0 Å². The van der Waals surface area contributed by atoms with Gasteiger partial charge >= 0.3 is 0 Å². The van der Waals surface area contributed by atoms with E-state index >= 15 is 0 Å². The minimum atomic E-state index is -2.76. The molecule has 5 N–H and O–H groups in total. The molecule has 5 rings (SSSR count). The van der Waals surface area contributed by atoms with Gasteiger partial charge in [0.2, 0.25) is 5.91 Å². The van der Waals surface area contributed by atoms with Crippen LogP contribution < -0.4 is 11.1 Å². The molecule has 3 aliphatic rings. The molecule has 218 valence electrons. The Kier molecular flexibility index (Phi) is 7.45. The molecular formula is C29H33N3O9. The Labute approximate surface area is 235 Å². The molecule has 1 amide bonds. The first kappa shape index (κ1) is 28.8. The molecule has 2 aromatic rings. The molecule has 2 unspecified atom stereocenters. The van der Waals surface area contributed by atoms with E-state index in [1.54, 1.807) is 33.3 Å². The predicted molar refractivity (Wildman–Crippen MR) is 143 cm³/mol. The zero-order valence-electron chi connectivity index (χ0n) is 23.0. The number of ketones is 4. The van der Waals surface area contributed by atoms with Crippen molar-refractivity contribution in [2.45, 2.75) is 31.0 Å². The highest BCUT2D eigenvalue weighted by atomic mass is 16.5. The average molecular weight is 568 g/mol. The lowest BCUT2D eigenvalue weighted by molar-refractivity contribution is -0.181. The fraction of sp³-hybridized carbons (Fsp3) is 0.483. The fourth-order valence-electron chi connectivity index (χ4n) is 6.93. The number of carbonyl (C=O) groups is 5. The van der Waals surface area contributed by atoms with Crippen molar-refractivity contribution in [3.63, 3.8) is 0 Å². The van der Waals surface area contributed by atoms with Crippen molar-refractivity contribution in [2.24, 2.45) is 29.4 Å². The third-order valence-electron chi connectivity index (χ3n) is 8.73. The molecule has 0 saturated heterocycles. The predicted octanol–water partition coefficient (Wildman–Crippen LogP) is -0.137. The molecule has 3 aliphatic carbocycles. The Hall–Kier alpha value is -3.71. The number of methoxy groups -OCH3 is 1. The van der Waals surface area contributed by atoms with E-state index in [2.05, 4.69) is 5.32 Å². The van der Waals surface area contributed by atoms with Crippen LogP contribution in [0.1, 0.15) is 27.9 Å². The first-order valence-electron chi connectivity index (χ1n) is 13.4. The van der Waals surface area contributed by atoms with Crippen LogP contribution in [-0.4, -0.2) is 90.2 Å². The first-order valence-corrected chi connectivity index (χ1v) is 13.4. The second-order valence-corrected chi connectivity index (χ2v) is 11.2. The lowest BCUT2D eigenvalue weighted by atomic mass is 9.52. The topological polar surface area (TPSA) is 189 Å². The number of amides is 1. The normalized spacial score (nSPS) is 29.3. The smallest absolute Gasteiger partial charge is 0.235 e. The number of carbonyl (C=O) groups excluding carboxylic acids is 5. The van der Waals surface area contributed by atoms with Crippen LogP contribution in [0.25, 0.3) is 11.3 Å². The van der Waals surface area contributed by atoms with E-state index in [4.69, 9.17) is 14.9 Å². The molecule has 0 aliphatic heterocycles. The Balaban J connectivity index is 1.58. The molecule has 12 heteroatoms. The van der Waals surface area contributed by atoms with Crippen LogP contribution in [0, 0.1) is 23.7 Å². The summed E-state index contributed by atoms with van der Waals surface area (Å²) < 4.78 is 10.9. The summed E-state index contributed by atoms with van der Waals surface area (Å²) in [5.74, 6) is -10.3. The van der Waals surface area contributed by atoms with Gasteiger partial charge in [-0.3, -0.25) is 28.9 Å². The number of benzene rings is 1. The summed E-state index contributed by atoms with van der Waals surface area (Å²) in [5, 5.41) is 25.7. The van der Waals surface area contributed by atoms with Crippen LogP contribution in [0.5, 0.6) is 5.75 Å². The quantitative estimate of drug-likeness (QED) is 0.245. The number of rotatable bonds is 8. The maximum Gasteiger partial charge on any atom is 0.235 e. The van der Waals surface area contributed by atoms with Crippen molar-refractivity contribution in [3.05, 3.63) is 41.2 Å². The monoisotopic (exact) mass is 567 g/mol. The molecule has 2 saturated carbocycles. The summed E-state index contributed by atoms with van der Waals surface area (Å²) in [6, 6.07) is 3.63. The highest BCUT2D eigenvalue weighted by Gasteiger charge is 2.69. The molecule has 0 spiro atoms. The number of ether oxygens (including phenoxy) is 1. The summed E-state index contributed by atoms with van der Waals surface area (Å²) >= 11 is 0. The van der Waals surface area contributed by atoms with Gasteiger partial charge in [0.1, 0.15) is 11.5 Å². The van der Waals surface area contributed by atoms with Gasteiger partial charge in [0, 0.05) is 37.2 Å². The van der Waals surface area contributed by atoms with Gasteiger partial charge in [-0.25, -0.2) is 0 Å². The summed E-state index contributed by atoms with van der Waals surface area (Å²) in [6.45, 7) is 1.57. The Morgan fingerprint density at radius 2 is 1.93 bits per heavy atom. The molecule has 41 heavy (non-hydrogen) atoms. The lowest BCUT2D eigenvalue weighted by Crippen LogP contribution is -2.74. The van der Waals surface area contributed by atoms with Crippen molar-refractivity contribution in [1.29, 1.82) is 0 Å². The second-order valence-electron chi connectivity index (χ2n) is 11.2. The third-order valence-corrected chi connectivity index (χ3v) is 8.73. The molecule has 1 aromatic carbocycles. The van der Waals surface area contributed by atoms with Gasteiger partial charge in [-0.15, -0.1) is 0 Å². The van der Waals surface area contributed by atoms with Crippen LogP contribution in [0.2, 0.25) is 0 Å². The number of likely N-dealkylation sites (N-methyl/N-ethyl adjacent to an activating group) is 1. The number of hydrogen-bond acceptors (Lipinski definition) is 11. The Morgan fingerprint density at radius 1 is 1.20 bits per heavy atom. The molecule has 0 radical (unpaired) electrons. The van der Waals surface area contributed by atoms with E-state index in [9.17, 15) is 34.2 Å². The van der Waals surface area contributed by atoms with Gasteiger partial charge in [0.25, 0.3) is 0 Å². The molecule has 0 bridgehead atoms. The largest absolute Gasteiger partial charge is 0.507 e. The number of nitrogens with two attached hydrogens (primary N) is 1. The molecular weight excluding hydrogens is 534 g/mol. The number of aliphatic hydroxyl groups is 1. The Bertz CT molecular complexity index is 1450. The van der Waals surface area contributed by atoms with Gasteiger partial charge in [-0.1, -0.05) is 0 Å². The number of fused-ring (bicyclic) bond motifs is 3. The number of Topliss-reactive ketones (excluding diaryl/α,β-unsaturated/α-hetero) is 4. The summed E-state index contributed by atoms with van der Waals surface area (Å²) in [5.41, 5.74) is 4.38. The molecule has 1 aromatic heterocycles. The number of furan rings is 1. The number of aromatic hydroxyl groups is 1. The summed E-state index contributed by atoms with van der Waals surface area (Å²) in [6.07, 6.45) is 1.64. The van der Waals surface area contributed by atoms with Crippen LogP contribution in [0.4, 0.5) is 0 Å². The Morgan fingerprint density at radius 3 is 2.59 bits per heavy atom. The summed E-state index contributed by atoms with van der Waals surface area (Å²) in [7, 11) is 4.69. The number of primary amides is 1. The number of phenolic OH excluding ortho intramolecular Hbond substituents is 1. The van der Waals surface area contributed by atoms with E-state index < -0.39 is 64.4 Å². The van der Waals surface area contributed by atoms with Crippen LogP contribution in [0.3, 0.4) is 0 Å². The van der Waals surface area contributed by atoms with Gasteiger partial charge in [0.15, 0.2) is 34.7 Å². The van der Waals surface area contributed by atoms with Gasteiger partial charge in [-0.2, -0.15) is 0 Å². The maximum atomic E-state index is 13.9. The highest BCUT2D eigenvalue weighted by Crippen LogP contribution is 2.52.